The van der Waals surface area contributed by atoms with Crippen LogP contribution in [0.2, 0.25) is 0 Å². The van der Waals surface area contributed by atoms with Crippen molar-refractivity contribution < 1.29 is 0 Å². The summed E-state index contributed by atoms with van der Waals surface area (Å²) < 4.78 is 0. The zero-order valence-corrected chi connectivity index (χ0v) is 13.6. The van der Waals surface area contributed by atoms with Gasteiger partial charge in [0.1, 0.15) is 0 Å². The Morgan fingerprint density at radius 2 is 1.68 bits per heavy atom. The van der Waals surface area contributed by atoms with Crippen LogP contribution in [-0.2, 0) is 18.3 Å². The third-order valence-corrected chi connectivity index (χ3v) is 4.72. The second-order valence-electron chi connectivity index (χ2n) is 5.93. The van der Waals surface area contributed by atoms with E-state index in [2.05, 4.69) is 41.5 Å². The van der Waals surface area contributed by atoms with Gasteiger partial charge in [-0.15, -0.1) is 22.7 Å². The number of nitrogens with zero attached hydrogens (tertiary/aromatic N) is 2. The van der Waals surface area contributed by atoms with Gasteiger partial charge in [-0.3, -0.25) is 0 Å². The standard InChI is InChI=1S/C14H21N3S2/c1-9-7-18-12(16-9)5-10(15)6-13-17-11(8-19-13)14(2,3)4/h7-8,10H,5-6,15H2,1-4H3. The maximum atomic E-state index is 6.20. The fraction of sp³-hybridized carbons (Fsp3) is 0.571. The van der Waals surface area contributed by atoms with Crippen molar-refractivity contribution in [1.29, 1.82) is 0 Å². The molecular formula is C14H21N3S2. The van der Waals surface area contributed by atoms with Gasteiger partial charge in [0.2, 0.25) is 0 Å². The fourth-order valence-corrected chi connectivity index (χ4v) is 3.75. The molecule has 0 bridgehead atoms. The number of hydrogen-bond donors (Lipinski definition) is 1. The van der Waals surface area contributed by atoms with Crippen molar-refractivity contribution in [3.05, 3.63) is 32.2 Å². The molecular weight excluding hydrogens is 274 g/mol. The highest BCUT2D eigenvalue weighted by atomic mass is 32.1. The van der Waals surface area contributed by atoms with Gasteiger partial charge in [-0.2, -0.15) is 0 Å². The smallest absolute Gasteiger partial charge is 0.0944 e. The fourth-order valence-electron chi connectivity index (χ4n) is 1.77. The first-order valence-electron chi connectivity index (χ1n) is 6.46. The van der Waals surface area contributed by atoms with E-state index in [0.717, 1.165) is 34.2 Å². The van der Waals surface area contributed by atoms with E-state index in [4.69, 9.17) is 5.73 Å². The second-order valence-corrected chi connectivity index (χ2v) is 7.81. The van der Waals surface area contributed by atoms with Crippen LogP contribution in [0.4, 0.5) is 0 Å². The molecule has 104 valence electrons. The van der Waals surface area contributed by atoms with Crippen LogP contribution >= 0.6 is 22.7 Å². The van der Waals surface area contributed by atoms with Gasteiger partial charge in [0, 0.05) is 40.8 Å². The summed E-state index contributed by atoms with van der Waals surface area (Å²) in [6.45, 7) is 8.57. The molecule has 0 fully saturated rings. The maximum absolute atomic E-state index is 6.20. The molecule has 2 N–H and O–H groups in total. The monoisotopic (exact) mass is 295 g/mol. The minimum absolute atomic E-state index is 0.101. The molecule has 2 rings (SSSR count). The Hall–Kier alpha value is -0.780. The largest absolute Gasteiger partial charge is 0.327 e. The lowest BCUT2D eigenvalue weighted by Gasteiger charge is -2.14. The van der Waals surface area contributed by atoms with Gasteiger partial charge in [-0.1, -0.05) is 20.8 Å². The van der Waals surface area contributed by atoms with Crippen LogP contribution in [0.3, 0.4) is 0 Å². The van der Waals surface area contributed by atoms with Crippen LogP contribution in [-0.4, -0.2) is 16.0 Å². The predicted molar refractivity (Wildman–Crippen MR) is 83.0 cm³/mol. The summed E-state index contributed by atoms with van der Waals surface area (Å²) in [5.41, 5.74) is 8.55. The summed E-state index contributed by atoms with van der Waals surface area (Å²) in [7, 11) is 0. The molecule has 0 aliphatic rings. The van der Waals surface area contributed by atoms with Crippen LogP contribution in [0.15, 0.2) is 10.8 Å². The van der Waals surface area contributed by atoms with Crippen LogP contribution in [0.1, 0.15) is 42.2 Å². The van der Waals surface area contributed by atoms with Crippen LogP contribution < -0.4 is 5.73 Å². The molecule has 2 heterocycles. The van der Waals surface area contributed by atoms with Crippen LogP contribution in [0.5, 0.6) is 0 Å². The Balaban J connectivity index is 1.95. The van der Waals surface area contributed by atoms with Gasteiger partial charge in [0.05, 0.1) is 15.7 Å². The van der Waals surface area contributed by atoms with E-state index >= 15 is 0 Å². The Labute approximate surface area is 122 Å². The van der Waals surface area contributed by atoms with E-state index in [9.17, 15) is 0 Å². The topological polar surface area (TPSA) is 51.8 Å². The van der Waals surface area contributed by atoms with Crippen molar-refractivity contribution in [3.63, 3.8) is 0 Å². The summed E-state index contributed by atoms with van der Waals surface area (Å²) in [6.07, 6.45) is 1.67. The molecule has 0 amide bonds. The van der Waals surface area contributed by atoms with Crippen molar-refractivity contribution in [2.45, 2.75) is 52.0 Å². The zero-order chi connectivity index (χ0) is 14.0. The van der Waals surface area contributed by atoms with Gasteiger partial charge in [0.15, 0.2) is 0 Å². The molecule has 0 aliphatic heterocycles. The molecule has 1 unspecified atom stereocenters. The van der Waals surface area contributed by atoms with Gasteiger partial charge >= 0.3 is 0 Å². The molecule has 3 nitrogen and oxygen atoms in total. The van der Waals surface area contributed by atoms with Crippen molar-refractivity contribution in [2.24, 2.45) is 5.73 Å². The minimum atomic E-state index is 0.101. The lowest BCUT2D eigenvalue weighted by Crippen LogP contribution is -2.25. The van der Waals surface area contributed by atoms with E-state index in [0.29, 0.717) is 0 Å². The molecule has 0 radical (unpaired) electrons. The lowest BCUT2D eigenvalue weighted by molar-refractivity contribution is 0.567. The Kier molecular flexibility index (Phi) is 4.38. The first-order valence-corrected chi connectivity index (χ1v) is 8.22. The number of hydrogen-bond acceptors (Lipinski definition) is 5. The van der Waals surface area contributed by atoms with E-state index in [1.807, 2.05) is 6.92 Å². The molecule has 19 heavy (non-hydrogen) atoms. The minimum Gasteiger partial charge on any atom is -0.327 e. The van der Waals surface area contributed by atoms with Crippen molar-refractivity contribution in [2.75, 3.05) is 0 Å². The first-order chi connectivity index (χ1) is 8.84. The highest BCUT2D eigenvalue weighted by molar-refractivity contribution is 7.10. The molecule has 1 atom stereocenters. The molecule has 0 aliphatic carbocycles. The predicted octanol–water partition coefficient (Wildman–Crippen LogP) is 3.32. The number of thiazole rings is 2. The lowest BCUT2D eigenvalue weighted by atomic mass is 9.93. The number of rotatable bonds is 4. The van der Waals surface area contributed by atoms with Crippen molar-refractivity contribution in [3.8, 4) is 0 Å². The molecule has 0 saturated carbocycles. The van der Waals surface area contributed by atoms with Crippen LogP contribution in [0.25, 0.3) is 0 Å². The average Bonchev–Trinajstić information content (AvgIpc) is 2.87. The number of nitrogens with two attached hydrogens (primary N) is 1. The van der Waals surface area contributed by atoms with E-state index in [-0.39, 0.29) is 11.5 Å². The summed E-state index contributed by atoms with van der Waals surface area (Å²) in [5, 5.41) is 6.47. The Morgan fingerprint density at radius 3 is 2.16 bits per heavy atom. The third-order valence-electron chi connectivity index (χ3n) is 2.86. The van der Waals surface area contributed by atoms with E-state index in [1.165, 1.54) is 0 Å². The normalized spacial score (nSPS) is 13.7. The van der Waals surface area contributed by atoms with Gasteiger partial charge in [0.25, 0.3) is 0 Å². The average molecular weight is 295 g/mol. The van der Waals surface area contributed by atoms with Crippen molar-refractivity contribution in [1.82, 2.24) is 9.97 Å². The molecule has 5 heteroatoms. The van der Waals surface area contributed by atoms with E-state index < -0.39 is 0 Å². The summed E-state index contributed by atoms with van der Waals surface area (Å²) >= 11 is 3.40. The molecule has 0 spiro atoms. The Morgan fingerprint density at radius 1 is 1.11 bits per heavy atom. The third kappa shape index (κ3) is 4.09. The summed E-state index contributed by atoms with van der Waals surface area (Å²) in [4.78, 5) is 9.15. The number of aromatic nitrogens is 2. The molecule has 2 aromatic heterocycles. The second kappa shape index (κ2) is 5.69. The quantitative estimate of drug-likeness (QED) is 0.941. The SMILES string of the molecule is Cc1csc(CC(N)Cc2nc(C(C)(C)C)cs2)n1. The van der Waals surface area contributed by atoms with E-state index in [1.54, 1.807) is 22.7 Å². The highest BCUT2D eigenvalue weighted by Gasteiger charge is 2.18. The summed E-state index contributed by atoms with van der Waals surface area (Å²) in [6, 6.07) is 0.101. The van der Waals surface area contributed by atoms with Crippen LogP contribution in [0, 0.1) is 6.92 Å². The van der Waals surface area contributed by atoms with Gasteiger partial charge in [-0.25, -0.2) is 9.97 Å². The van der Waals surface area contributed by atoms with Gasteiger partial charge < -0.3 is 5.73 Å². The number of aryl methyl sites for hydroxylation is 1. The maximum Gasteiger partial charge on any atom is 0.0944 e. The van der Waals surface area contributed by atoms with Gasteiger partial charge in [-0.05, 0) is 6.92 Å². The molecule has 0 saturated heterocycles. The highest BCUT2D eigenvalue weighted by Crippen LogP contribution is 2.24. The molecule has 0 aromatic carbocycles. The zero-order valence-electron chi connectivity index (χ0n) is 11.9. The molecule has 2 aromatic rings. The van der Waals surface area contributed by atoms with Crippen molar-refractivity contribution >= 4 is 22.7 Å². The summed E-state index contributed by atoms with van der Waals surface area (Å²) in [5.74, 6) is 0. The first kappa shape index (κ1) is 14.6. The Bertz CT molecular complexity index is 537.